The Morgan fingerprint density at radius 3 is 2.58 bits per heavy atom. The predicted octanol–water partition coefficient (Wildman–Crippen LogP) is 1.58. The van der Waals surface area contributed by atoms with Gasteiger partial charge in [0, 0.05) is 22.7 Å². The molecule has 3 aromatic rings. The van der Waals surface area contributed by atoms with Crippen LogP contribution in [0.1, 0.15) is 5.56 Å². The highest BCUT2D eigenvalue weighted by atomic mass is 32.2. The monoisotopic (exact) mass is 374 g/mol. The topological polar surface area (TPSA) is 107 Å². The van der Waals surface area contributed by atoms with Crippen molar-refractivity contribution in [3.63, 3.8) is 0 Å². The summed E-state index contributed by atoms with van der Waals surface area (Å²) in [6.45, 7) is -0.00431. The van der Waals surface area contributed by atoms with Gasteiger partial charge in [0.15, 0.2) is 0 Å². The number of nitrogens with one attached hydrogen (secondary N) is 1. The molecular formula is C17H15FN4O3S. The molecule has 0 bridgehead atoms. The van der Waals surface area contributed by atoms with Gasteiger partial charge in [0.1, 0.15) is 12.4 Å². The van der Waals surface area contributed by atoms with E-state index in [9.17, 15) is 17.6 Å². The Kier molecular flexibility index (Phi) is 4.72. The quantitative estimate of drug-likeness (QED) is 0.505. The standard InChI is InChI=1S/C17H15FN4O3S/c18-13-5-7-14(8-6-13)26(24,25)21-20-9-12-10-22(11-17(19)23)16-4-2-1-3-15(12)16/h1-10,21H,11H2,(H2,19,23). The van der Waals surface area contributed by atoms with E-state index in [1.54, 1.807) is 10.8 Å². The molecule has 3 rings (SSSR count). The van der Waals surface area contributed by atoms with E-state index in [0.29, 0.717) is 5.56 Å². The molecule has 0 aliphatic rings. The van der Waals surface area contributed by atoms with Crippen molar-refractivity contribution in [2.45, 2.75) is 11.4 Å². The molecule has 134 valence electrons. The van der Waals surface area contributed by atoms with E-state index in [1.165, 1.54) is 6.21 Å². The van der Waals surface area contributed by atoms with Gasteiger partial charge in [-0.2, -0.15) is 13.5 Å². The van der Waals surface area contributed by atoms with Crippen LogP contribution in [0.4, 0.5) is 4.39 Å². The molecule has 9 heteroatoms. The van der Waals surface area contributed by atoms with E-state index in [2.05, 4.69) is 9.93 Å². The van der Waals surface area contributed by atoms with E-state index in [4.69, 9.17) is 5.73 Å². The fourth-order valence-electron chi connectivity index (χ4n) is 2.51. The summed E-state index contributed by atoms with van der Waals surface area (Å²) < 4.78 is 38.8. The summed E-state index contributed by atoms with van der Waals surface area (Å²) in [6.07, 6.45) is 2.99. The van der Waals surface area contributed by atoms with Crippen LogP contribution in [0, 0.1) is 5.82 Å². The first-order valence-corrected chi connectivity index (χ1v) is 9.02. The number of hydrazone groups is 1. The van der Waals surface area contributed by atoms with Gasteiger partial charge in [-0.1, -0.05) is 18.2 Å². The molecular weight excluding hydrogens is 359 g/mol. The number of rotatable bonds is 6. The average molecular weight is 374 g/mol. The first kappa shape index (κ1) is 17.6. The van der Waals surface area contributed by atoms with Gasteiger partial charge in [0.25, 0.3) is 10.0 Å². The molecule has 2 aromatic carbocycles. The molecule has 1 heterocycles. The number of halogens is 1. The van der Waals surface area contributed by atoms with Crippen LogP contribution in [0.25, 0.3) is 10.9 Å². The molecule has 7 nitrogen and oxygen atoms in total. The number of carbonyl (C=O) groups is 1. The molecule has 0 saturated carbocycles. The minimum Gasteiger partial charge on any atom is -0.368 e. The summed E-state index contributed by atoms with van der Waals surface area (Å²) in [7, 11) is -3.91. The second kappa shape index (κ2) is 6.96. The van der Waals surface area contributed by atoms with Gasteiger partial charge in [0.2, 0.25) is 5.91 Å². The number of aromatic nitrogens is 1. The minimum absolute atomic E-state index is 0.00431. The van der Waals surface area contributed by atoms with Crippen LogP contribution in [0.2, 0.25) is 0 Å². The lowest BCUT2D eigenvalue weighted by Gasteiger charge is -2.02. The second-order valence-electron chi connectivity index (χ2n) is 5.50. The van der Waals surface area contributed by atoms with Gasteiger partial charge in [-0.05, 0) is 30.3 Å². The summed E-state index contributed by atoms with van der Waals surface area (Å²) in [5, 5.41) is 4.56. The highest BCUT2D eigenvalue weighted by molar-refractivity contribution is 7.89. The summed E-state index contributed by atoms with van der Waals surface area (Å²) >= 11 is 0. The average Bonchev–Trinajstić information content (AvgIpc) is 2.93. The molecule has 0 spiro atoms. The predicted molar refractivity (Wildman–Crippen MR) is 95.4 cm³/mol. The van der Waals surface area contributed by atoms with Crippen LogP contribution >= 0.6 is 0 Å². The number of nitrogens with zero attached hydrogens (tertiary/aromatic N) is 2. The Balaban J connectivity index is 1.86. The Bertz CT molecular complexity index is 1090. The van der Waals surface area contributed by atoms with Crippen molar-refractivity contribution in [2.24, 2.45) is 10.8 Å². The maximum Gasteiger partial charge on any atom is 0.276 e. The van der Waals surface area contributed by atoms with Crippen molar-refractivity contribution in [3.8, 4) is 0 Å². The van der Waals surface area contributed by atoms with E-state index in [0.717, 1.165) is 35.2 Å². The molecule has 0 saturated heterocycles. The Morgan fingerprint density at radius 2 is 1.88 bits per heavy atom. The third-order valence-corrected chi connectivity index (χ3v) is 4.88. The van der Waals surface area contributed by atoms with E-state index in [-0.39, 0.29) is 11.4 Å². The zero-order valence-electron chi connectivity index (χ0n) is 13.5. The second-order valence-corrected chi connectivity index (χ2v) is 7.16. The van der Waals surface area contributed by atoms with Gasteiger partial charge >= 0.3 is 0 Å². The smallest absolute Gasteiger partial charge is 0.276 e. The lowest BCUT2D eigenvalue weighted by Crippen LogP contribution is -2.18. The summed E-state index contributed by atoms with van der Waals surface area (Å²) in [4.78, 5) is 13.2. The maximum absolute atomic E-state index is 12.9. The molecule has 0 fully saturated rings. The molecule has 0 aliphatic carbocycles. The highest BCUT2D eigenvalue weighted by Gasteiger charge is 2.13. The molecule has 26 heavy (non-hydrogen) atoms. The van der Waals surface area contributed by atoms with E-state index in [1.807, 2.05) is 24.3 Å². The number of benzene rings is 2. The third-order valence-electron chi connectivity index (χ3n) is 3.65. The van der Waals surface area contributed by atoms with Crippen molar-refractivity contribution in [1.29, 1.82) is 0 Å². The zero-order chi connectivity index (χ0) is 18.7. The molecule has 0 radical (unpaired) electrons. The number of carbonyl (C=O) groups excluding carboxylic acids is 1. The van der Waals surface area contributed by atoms with Gasteiger partial charge in [0.05, 0.1) is 11.1 Å². The highest BCUT2D eigenvalue weighted by Crippen LogP contribution is 2.20. The SMILES string of the molecule is NC(=O)Cn1cc(C=NNS(=O)(=O)c2ccc(F)cc2)c2ccccc21. The minimum atomic E-state index is -3.91. The Hall–Kier alpha value is -3.20. The molecule has 3 N–H and O–H groups in total. The number of fused-ring (bicyclic) bond motifs is 1. The lowest BCUT2D eigenvalue weighted by molar-refractivity contribution is -0.118. The maximum atomic E-state index is 12.9. The fraction of sp³-hybridized carbons (Fsp3) is 0.0588. The molecule has 0 aliphatic heterocycles. The van der Waals surface area contributed by atoms with Crippen molar-refractivity contribution < 1.29 is 17.6 Å². The number of hydrogen-bond acceptors (Lipinski definition) is 4. The number of nitrogens with two attached hydrogens (primary N) is 1. The Morgan fingerprint density at radius 1 is 1.19 bits per heavy atom. The first-order valence-electron chi connectivity index (χ1n) is 7.53. The van der Waals surface area contributed by atoms with Gasteiger partial charge < -0.3 is 10.3 Å². The van der Waals surface area contributed by atoms with Gasteiger partial charge in [-0.3, -0.25) is 4.79 Å². The van der Waals surface area contributed by atoms with Crippen LogP contribution in [0.3, 0.4) is 0 Å². The Labute approximate surface area is 149 Å². The number of sulfonamides is 1. The molecule has 0 unspecified atom stereocenters. The summed E-state index contributed by atoms with van der Waals surface area (Å²) in [5.74, 6) is -1.03. The van der Waals surface area contributed by atoms with Gasteiger partial charge in [-0.25, -0.2) is 9.22 Å². The third kappa shape index (κ3) is 3.72. The van der Waals surface area contributed by atoms with Crippen LogP contribution in [-0.2, 0) is 21.4 Å². The van der Waals surface area contributed by atoms with Crippen LogP contribution < -0.4 is 10.6 Å². The van der Waals surface area contributed by atoms with Crippen LogP contribution in [0.5, 0.6) is 0 Å². The molecule has 0 atom stereocenters. The number of para-hydroxylation sites is 1. The summed E-state index contributed by atoms with van der Waals surface area (Å²) in [6, 6.07) is 11.7. The van der Waals surface area contributed by atoms with Crippen molar-refractivity contribution in [1.82, 2.24) is 9.40 Å². The molecule has 1 amide bonds. The van der Waals surface area contributed by atoms with Crippen LogP contribution in [0.15, 0.2) is 64.7 Å². The number of amides is 1. The van der Waals surface area contributed by atoms with Crippen LogP contribution in [-0.4, -0.2) is 25.1 Å². The fourth-order valence-corrected chi connectivity index (χ4v) is 3.30. The van der Waals surface area contributed by atoms with Crippen molar-refractivity contribution >= 4 is 33.0 Å². The number of primary amides is 1. The lowest BCUT2D eigenvalue weighted by atomic mass is 10.2. The molecule has 1 aromatic heterocycles. The van der Waals surface area contributed by atoms with E-state index >= 15 is 0 Å². The zero-order valence-corrected chi connectivity index (χ0v) is 14.3. The normalized spacial score (nSPS) is 11.9. The van der Waals surface area contributed by atoms with Crippen molar-refractivity contribution in [2.75, 3.05) is 0 Å². The van der Waals surface area contributed by atoms with Crippen molar-refractivity contribution in [3.05, 3.63) is 66.1 Å². The van der Waals surface area contributed by atoms with E-state index < -0.39 is 21.7 Å². The summed E-state index contributed by atoms with van der Waals surface area (Å²) in [5.41, 5.74) is 6.63. The number of hydrogen-bond donors (Lipinski definition) is 2. The first-order chi connectivity index (χ1) is 12.4. The van der Waals surface area contributed by atoms with Gasteiger partial charge in [-0.15, -0.1) is 0 Å². The largest absolute Gasteiger partial charge is 0.368 e.